The van der Waals surface area contributed by atoms with Gasteiger partial charge in [0.2, 0.25) is 0 Å². The number of esters is 2. The van der Waals surface area contributed by atoms with Gasteiger partial charge in [-0.1, -0.05) is 102 Å². The lowest BCUT2D eigenvalue weighted by molar-refractivity contribution is 0.0319. The van der Waals surface area contributed by atoms with Gasteiger partial charge in [-0.15, -0.1) is 0 Å². The smallest absolute Gasteiger partial charge is 0.343 e. The first-order valence-electron chi connectivity index (χ1n) is 16.5. The molecular formula is C38H49FO5. The van der Waals surface area contributed by atoms with Gasteiger partial charge in [0, 0.05) is 0 Å². The number of halogens is 1. The number of ether oxygens (including phenoxy) is 3. The van der Waals surface area contributed by atoms with E-state index in [0.29, 0.717) is 5.56 Å². The summed E-state index contributed by atoms with van der Waals surface area (Å²) < 4.78 is 31.3. The summed E-state index contributed by atoms with van der Waals surface area (Å²) in [5.41, 5.74) is 2.30. The van der Waals surface area contributed by atoms with Crippen LogP contribution in [0, 0.1) is 5.82 Å². The van der Waals surface area contributed by atoms with Crippen molar-refractivity contribution < 1.29 is 28.2 Å². The van der Waals surface area contributed by atoms with E-state index in [-0.39, 0.29) is 17.4 Å². The number of hydrogen-bond donors (Lipinski definition) is 0. The van der Waals surface area contributed by atoms with Crippen molar-refractivity contribution in [2.45, 2.75) is 110 Å². The summed E-state index contributed by atoms with van der Waals surface area (Å²) in [6.45, 7) is 6.94. The standard InChI is InChI=1S/C38H49FO5/c1-4-6-8-10-11-12-13-15-27-42-34-24-21-31(22-25-34)30-17-19-32(20-18-30)37(40)44-36-26-23-33(28-35(36)39)38(41)43-29(3)16-14-9-7-5-2/h17-26,28-29H,4-16,27H2,1-3H3/t29-/m0/s1. The third-order valence-electron chi connectivity index (χ3n) is 7.72. The molecule has 0 radical (unpaired) electrons. The topological polar surface area (TPSA) is 61.8 Å². The van der Waals surface area contributed by atoms with Crippen molar-refractivity contribution in [2.24, 2.45) is 0 Å². The highest BCUT2D eigenvalue weighted by atomic mass is 19.1. The Hall–Kier alpha value is -3.67. The van der Waals surface area contributed by atoms with Crippen LogP contribution in [-0.2, 0) is 4.74 Å². The molecule has 0 heterocycles. The largest absolute Gasteiger partial charge is 0.494 e. The molecule has 0 amide bonds. The normalized spacial score (nSPS) is 11.6. The molecule has 0 aliphatic heterocycles. The van der Waals surface area contributed by atoms with Crippen LogP contribution >= 0.6 is 0 Å². The van der Waals surface area contributed by atoms with Gasteiger partial charge in [-0.05, 0) is 79.8 Å². The Kier molecular flexibility index (Phi) is 15.5. The van der Waals surface area contributed by atoms with E-state index in [4.69, 9.17) is 14.2 Å². The van der Waals surface area contributed by atoms with Crippen LogP contribution in [0.3, 0.4) is 0 Å². The molecule has 0 aliphatic rings. The lowest BCUT2D eigenvalue weighted by Gasteiger charge is -2.13. The minimum atomic E-state index is -0.801. The first-order valence-corrected chi connectivity index (χ1v) is 16.5. The Bertz CT molecular complexity index is 1270. The molecule has 6 heteroatoms. The fourth-order valence-corrected chi connectivity index (χ4v) is 5.01. The minimum Gasteiger partial charge on any atom is -0.494 e. The molecule has 0 fully saturated rings. The fraction of sp³-hybridized carbons (Fsp3) is 0.474. The molecule has 0 spiro atoms. The van der Waals surface area contributed by atoms with Crippen LogP contribution in [0.5, 0.6) is 11.5 Å². The maximum absolute atomic E-state index is 14.7. The van der Waals surface area contributed by atoms with E-state index in [1.807, 2.05) is 43.3 Å². The minimum absolute atomic E-state index is 0.0802. The van der Waals surface area contributed by atoms with Crippen molar-refractivity contribution in [3.05, 3.63) is 83.7 Å². The van der Waals surface area contributed by atoms with Gasteiger partial charge in [0.15, 0.2) is 11.6 Å². The molecule has 44 heavy (non-hydrogen) atoms. The van der Waals surface area contributed by atoms with Gasteiger partial charge >= 0.3 is 11.9 Å². The van der Waals surface area contributed by atoms with E-state index >= 15 is 0 Å². The zero-order chi connectivity index (χ0) is 31.6. The van der Waals surface area contributed by atoms with E-state index in [2.05, 4.69) is 13.8 Å². The van der Waals surface area contributed by atoms with Crippen LogP contribution in [0.1, 0.15) is 125 Å². The summed E-state index contributed by atoms with van der Waals surface area (Å²) in [7, 11) is 0. The summed E-state index contributed by atoms with van der Waals surface area (Å²) >= 11 is 0. The first kappa shape index (κ1) is 34.8. The molecule has 0 saturated carbocycles. The van der Waals surface area contributed by atoms with Crippen molar-refractivity contribution in [1.82, 2.24) is 0 Å². The van der Waals surface area contributed by atoms with Gasteiger partial charge in [-0.2, -0.15) is 0 Å². The summed E-state index contributed by atoms with van der Waals surface area (Å²) in [5, 5.41) is 0. The number of carbonyl (C=O) groups excluding carboxylic acids is 2. The molecule has 0 saturated heterocycles. The zero-order valence-corrected chi connectivity index (χ0v) is 26.7. The van der Waals surface area contributed by atoms with Gasteiger partial charge in [0.05, 0.1) is 23.8 Å². The maximum Gasteiger partial charge on any atom is 0.343 e. The van der Waals surface area contributed by atoms with Gasteiger partial charge in [0.1, 0.15) is 5.75 Å². The van der Waals surface area contributed by atoms with Crippen molar-refractivity contribution in [3.63, 3.8) is 0 Å². The summed E-state index contributed by atoms with van der Waals surface area (Å²) in [5.74, 6) is -1.48. The Morgan fingerprint density at radius 1 is 0.659 bits per heavy atom. The molecule has 0 aromatic heterocycles. The summed E-state index contributed by atoms with van der Waals surface area (Å²) in [6.07, 6.45) is 15.0. The Balaban J connectivity index is 1.44. The molecule has 0 aliphatic carbocycles. The van der Waals surface area contributed by atoms with E-state index < -0.39 is 17.8 Å². The molecule has 1 atom stereocenters. The monoisotopic (exact) mass is 604 g/mol. The van der Waals surface area contributed by atoms with Gasteiger partial charge in [-0.25, -0.2) is 14.0 Å². The number of rotatable bonds is 20. The average Bonchev–Trinajstić information content (AvgIpc) is 3.03. The van der Waals surface area contributed by atoms with E-state index in [0.717, 1.165) is 68.1 Å². The molecule has 5 nitrogen and oxygen atoms in total. The lowest BCUT2D eigenvalue weighted by Crippen LogP contribution is -2.15. The molecule has 3 aromatic carbocycles. The highest BCUT2D eigenvalue weighted by Crippen LogP contribution is 2.25. The predicted octanol–water partition coefficient (Wildman–Crippen LogP) is 10.7. The van der Waals surface area contributed by atoms with E-state index in [1.54, 1.807) is 12.1 Å². The number of hydrogen-bond acceptors (Lipinski definition) is 5. The highest BCUT2D eigenvalue weighted by Gasteiger charge is 2.17. The van der Waals surface area contributed by atoms with Crippen LogP contribution in [0.25, 0.3) is 11.1 Å². The lowest BCUT2D eigenvalue weighted by atomic mass is 10.0. The third kappa shape index (κ3) is 12.1. The van der Waals surface area contributed by atoms with Gasteiger partial charge < -0.3 is 14.2 Å². The Morgan fingerprint density at radius 3 is 1.82 bits per heavy atom. The van der Waals surface area contributed by atoms with Gasteiger partial charge in [0.25, 0.3) is 0 Å². The Morgan fingerprint density at radius 2 is 1.20 bits per heavy atom. The molecular weight excluding hydrogens is 555 g/mol. The van der Waals surface area contributed by atoms with Crippen molar-refractivity contribution in [2.75, 3.05) is 6.61 Å². The second kappa shape index (κ2) is 19.6. The number of benzene rings is 3. The zero-order valence-electron chi connectivity index (χ0n) is 26.7. The SMILES string of the molecule is CCCCCCCCCCOc1ccc(-c2ccc(C(=O)Oc3ccc(C(=O)O[C@@H](C)CCCCCC)cc3F)cc2)cc1. The molecule has 3 rings (SSSR count). The van der Waals surface area contributed by atoms with Crippen molar-refractivity contribution in [1.29, 1.82) is 0 Å². The van der Waals surface area contributed by atoms with Gasteiger partial charge in [-0.3, -0.25) is 0 Å². The summed E-state index contributed by atoms with van der Waals surface area (Å²) in [4.78, 5) is 25.1. The van der Waals surface area contributed by atoms with Crippen LogP contribution < -0.4 is 9.47 Å². The van der Waals surface area contributed by atoms with Crippen molar-refractivity contribution >= 4 is 11.9 Å². The fourth-order valence-electron chi connectivity index (χ4n) is 5.01. The first-order chi connectivity index (χ1) is 21.4. The highest BCUT2D eigenvalue weighted by molar-refractivity contribution is 5.92. The predicted molar refractivity (Wildman–Crippen MR) is 175 cm³/mol. The van der Waals surface area contributed by atoms with Crippen LogP contribution in [0.15, 0.2) is 66.7 Å². The quantitative estimate of drug-likeness (QED) is 0.0729. The van der Waals surface area contributed by atoms with Crippen molar-refractivity contribution in [3.8, 4) is 22.6 Å². The molecule has 0 bridgehead atoms. The van der Waals surface area contributed by atoms with Crippen LogP contribution in [0.4, 0.5) is 4.39 Å². The molecule has 238 valence electrons. The average molecular weight is 605 g/mol. The maximum atomic E-state index is 14.7. The van der Waals surface area contributed by atoms with Crippen LogP contribution in [-0.4, -0.2) is 24.6 Å². The third-order valence-corrected chi connectivity index (χ3v) is 7.72. The van der Waals surface area contributed by atoms with E-state index in [9.17, 15) is 14.0 Å². The van der Waals surface area contributed by atoms with E-state index in [1.165, 1.54) is 57.1 Å². The second-order valence-corrected chi connectivity index (χ2v) is 11.5. The number of unbranched alkanes of at least 4 members (excludes halogenated alkanes) is 10. The Labute approximate surface area is 263 Å². The summed E-state index contributed by atoms with van der Waals surface area (Å²) in [6, 6.07) is 18.6. The molecule has 0 unspecified atom stereocenters. The molecule has 3 aromatic rings. The second-order valence-electron chi connectivity index (χ2n) is 11.5. The van der Waals surface area contributed by atoms with Crippen LogP contribution in [0.2, 0.25) is 0 Å². The molecule has 0 N–H and O–H groups in total. The number of carbonyl (C=O) groups is 2.